The summed E-state index contributed by atoms with van der Waals surface area (Å²) in [7, 11) is 0. The van der Waals surface area contributed by atoms with Crippen LogP contribution in [0.5, 0.6) is 0 Å². The third-order valence-electron chi connectivity index (χ3n) is 1.97. The molecule has 1 aromatic rings. The van der Waals surface area contributed by atoms with Gasteiger partial charge in [0.1, 0.15) is 0 Å². The molecular formula is C11H16BrN. The summed E-state index contributed by atoms with van der Waals surface area (Å²) in [4.78, 5) is 0. The number of aryl methyl sites for hydroxylation is 1. The van der Waals surface area contributed by atoms with Crippen LogP contribution in [0.25, 0.3) is 0 Å². The van der Waals surface area contributed by atoms with Gasteiger partial charge in [-0.2, -0.15) is 0 Å². The van der Waals surface area contributed by atoms with E-state index in [2.05, 4.69) is 54.0 Å². The average Bonchev–Trinajstić information content (AvgIpc) is 2.02. The zero-order chi connectivity index (χ0) is 9.90. The summed E-state index contributed by atoms with van der Waals surface area (Å²) < 4.78 is 1.13. The van der Waals surface area contributed by atoms with Crippen LogP contribution in [0.15, 0.2) is 28.7 Å². The molecule has 13 heavy (non-hydrogen) atoms. The monoisotopic (exact) mass is 241 g/mol. The molecule has 0 aliphatic rings. The Bertz CT molecular complexity index is 258. The molecule has 1 rings (SSSR count). The maximum atomic E-state index is 5.90. The molecule has 2 N–H and O–H groups in total. The van der Waals surface area contributed by atoms with Gasteiger partial charge in [0.05, 0.1) is 0 Å². The van der Waals surface area contributed by atoms with Crippen molar-refractivity contribution in [1.82, 2.24) is 0 Å². The number of rotatable bonds is 3. The Hall–Kier alpha value is -0.340. The minimum atomic E-state index is -0.0624. The second-order valence-electron chi connectivity index (χ2n) is 4.12. The quantitative estimate of drug-likeness (QED) is 0.865. The van der Waals surface area contributed by atoms with Crippen molar-refractivity contribution in [3.05, 3.63) is 34.3 Å². The standard InChI is InChI=1S/C11H16BrN/c1-11(2,13)8-7-9-3-5-10(12)6-4-9/h3-6H,7-8,13H2,1-2H3. The highest BCUT2D eigenvalue weighted by Gasteiger charge is 2.09. The van der Waals surface area contributed by atoms with Gasteiger partial charge in [0, 0.05) is 10.0 Å². The Morgan fingerprint density at radius 1 is 1.23 bits per heavy atom. The molecule has 0 saturated carbocycles. The van der Waals surface area contributed by atoms with Crippen molar-refractivity contribution in [2.45, 2.75) is 32.2 Å². The topological polar surface area (TPSA) is 26.0 Å². The zero-order valence-corrected chi connectivity index (χ0v) is 9.76. The molecule has 0 atom stereocenters. The summed E-state index contributed by atoms with van der Waals surface area (Å²) in [6, 6.07) is 8.41. The molecule has 0 unspecified atom stereocenters. The lowest BCUT2D eigenvalue weighted by atomic mass is 9.97. The molecule has 1 nitrogen and oxygen atoms in total. The highest BCUT2D eigenvalue weighted by atomic mass is 79.9. The van der Waals surface area contributed by atoms with E-state index >= 15 is 0 Å². The van der Waals surface area contributed by atoms with Gasteiger partial charge in [0.15, 0.2) is 0 Å². The molecule has 0 aliphatic heterocycles. The van der Waals surface area contributed by atoms with E-state index in [-0.39, 0.29) is 5.54 Å². The predicted octanol–water partition coefficient (Wildman–Crippen LogP) is 3.12. The first-order chi connectivity index (χ1) is 5.97. The molecule has 0 radical (unpaired) electrons. The number of hydrogen-bond donors (Lipinski definition) is 1. The van der Waals surface area contributed by atoms with E-state index < -0.39 is 0 Å². The van der Waals surface area contributed by atoms with Gasteiger partial charge in [-0.25, -0.2) is 0 Å². The van der Waals surface area contributed by atoms with Gasteiger partial charge in [0.25, 0.3) is 0 Å². The van der Waals surface area contributed by atoms with Crippen molar-refractivity contribution in [2.24, 2.45) is 5.73 Å². The largest absolute Gasteiger partial charge is 0.326 e. The summed E-state index contributed by atoms with van der Waals surface area (Å²) in [6.45, 7) is 4.12. The average molecular weight is 242 g/mol. The molecule has 0 aromatic heterocycles. The lowest BCUT2D eigenvalue weighted by molar-refractivity contribution is 0.477. The van der Waals surface area contributed by atoms with Crippen LogP contribution in [0, 0.1) is 0 Å². The van der Waals surface area contributed by atoms with E-state index in [1.165, 1.54) is 5.56 Å². The van der Waals surface area contributed by atoms with Crippen LogP contribution in [0.3, 0.4) is 0 Å². The number of hydrogen-bond acceptors (Lipinski definition) is 1. The SMILES string of the molecule is CC(C)(N)CCc1ccc(Br)cc1. The van der Waals surface area contributed by atoms with Crippen molar-refractivity contribution in [1.29, 1.82) is 0 Å². The summed E-state index contributed by atoms with van der Waals surface area (Å²) >= 11 is 3.41. The Balaban J connectivity index is 2.51. The van der Waals surface area contributed by atoms with E-state index in [0.29, 0.717) is 0 Å². The maximum absolute atomic E-state index is 5.90. The third-order valence-corrected chi connectivity index (χ3v) is 2.50. The van der Waals surface area contributed by atoms with Crippen LogP contribution in [0.4, 0.5) is 0 Å². The molecule has 2 heteroatoms. The van der Waals surface area contributed by atoms with E-state index in [9.17, 15) is 0 Å². The van der Waals surface area contributed by atoms with Gasteiger partial charge in [-0.1, -0.05) is 28.1 Å². The molecule has 0 saturated heterocycles. The van der Waals surface area contributed by atoms with Crippen molar-refractivity contribution in [3.63, 3.8) is 0 Å². The fourth-order valence-corrected chi connectivity index (χ4v) is 1.38. The second-order valence-corrected chi connectivity index (χ2v) is 5.03. The highest BCUT2D eigenvalue weighted by molar-refractivity contribution is 9.10. The van der Waals surface area contributed by atoms with Crippen LogP contribution in [-0.2, 0) is 6.42 Å². The molecule has 0 spiro atoms. The van der Waals surface area contributed by atoms with Crippen LogP contribution >= 0.6 is 15.9 Å². The molecule has 72 valence electrons. The third kappa shape index (κ3) is 4.44. The number of benzene rings is 1. The van der Waals surface area contributed by atoms with Crippen molar-refractivity contribution in [2.75, 3.05) is 0 Å². The Kier molecular flexibility index (Phi) is 3.51. The van der Waals surface area contributed by atoms with Gasteiger partial charge in [-0.05, 0) is 44.4 Å². The smallest absolute Gasteiger partial charge is 0.0175 e. The van der Waals surface area contributed by atoms with E-state index in [4.69, 9.17) is 5.73 Å². The van der Waals surface area contributed by atoms with Crippen molar-refractivity contribution < 1.29 is 0 Å². The highest BCUT2D eigenvalue weighted by Crippen LogP contribution is 2.14. The second kappa shape index (κ2) is 4.25. The minimum Gasteiger partial charge on any atom is -0.326 e. The normalized spacial score (nSPS) is 11.7. The fourth-order valence-electron chi connectivity index (χ4n) is 1.12. The number of nitrogens with two attached hydrogens (primary N) is 1. The summed E-state index contributed by atoms with van der Waals surface area (Å²) in [5.41, 5.74) is 7.19. The van der Waals surface area contributed by atoms with Crippen molar-refractivity contribution >= 4 is 15.9 Å². The first-order valence-corrected chi connectivity index (χ1v) is 5.30. The van der Waals surface area contributed by atoms with Crippen LogP contribution in [-0.4, -0.2) is 5.54 Å². The van der Waals surface area contributed by atoms with Crippen molar-refractivity contribution in [3.8, 4) is 0 Å². The van der Waals surface area contributed by atoms with E-state index in [1.807, 2.05) is 0 Å². The van der Waals surface area contributed by atoms with E-state index in [1.54, 1.807) is 0 Å². The van der Waals surface area contributed by atoms with Crippen LogP contribution in [0.2, 0.25) is 0 Å². The molecule has 0 heterocycles. The predicted molar refractivity (Wildman–Crippen MR) is 60.7 cm³/mol. The summed E-state index contributed by atoms with van der Waals surface area (Å²) in [6.07, 6.45) is 2.07. The molecule has 1 aromatic carbocycles. The number of halogens is 1. The van der Waals surface area contributed by atoms with Gasteiger partial charge < -0.3 is 5.73 Å². The molecule has 0 aliphatic carbocycles. The molecule has 0 fully saturated rings. The first-order valence-electron chi connectivity index (χ1n) is 4.51. The van der Waals surface area contributed by atoms with Crippen LogP contribution in [0.1, 0.15) is 25.8 Å². The lowest BCUT2D eigenvalue weighted by Gasteiger charge is -2.17. The summed E-state index contributed by atoms with van der Waals surface area (Å²) in [5.74, 6) is 0. The summed E-state index contributed by atoms with van der Waals surface area (Å²) in [5, 5.41) is 0. The minimum absolute atomic E-state index is 0.0624. The molecular weight excluding hydrogens is 226 g/mol. The zero-order valence-electron chi connectivity index (χ0n) is 8.18. The van der Waals surface area contributed by atoms with Gasteiger partial charge in [-0.15, -0.1) is 0 Å². The van der Waals surface area contributed by atoms with Gasteiger partial charge in [0.2, 0.25) is 0 Å². The van der Waals surface area contributed by atoms with Gasteiger partial charge >= 0.3 is 0 Å². The van der Waals surface area contributed by atoms with Crippen LogP contribution < -0.4 is 5.73 Å². The lowest BCUT2D eigenvalue weighted by Crippen LogP contribution is -2.32. The fraction of sp³-hybridized carbons (Fsp3) is 0.455. The first kappa shape index (κ1) is 10.7. The Labute approximate surface area is 88.5 Å². The Morgan fingerprint density at radius 3 is 2.23 bits per heavy atom. The molecule has 0 amide bonds. The maximum Gasteiger partial charge on any atom is 0.0175 e. The molecule has 0 bridgehead atoms. The van der Waals surface area contributed by atoms with E-state index in [0.717, 1.165) is 17.3 Å². The van der Waals surface area contributed by atoms with Gasteiger partial charge in [-0.3, -0.25) is 0 Å². The Morgan fingerprint density at radius 2 is 1.77 bits per heavy atom.